The number of aromatic nitrogens is 1. The van der Waals surface area contributed by atoms with Crippen molar-refractivity contribution in [2.24, 2.45) is 0 Å². The van der Waals surface area contributed by atoms with E-state index in [1.807, 2.05) is 0 Å². The minimum atomic E-state index is -0.185. The molecular weight excluding hydrogens is 348 g/mol. The Labute approximate surface area is 128 Å². The second-order valence-corrected chi connectivity index (χ2v) is 6.79. The molecule has 1 N–H and O–H groups in total. The van der Waals surface area contributed by atoms with Crippen molar-refractivity contribution < 1.29 is 4.79 Å². The highest BCUT2D eigenvalue weighted by molar-refractivity contribution is 9.10. The Morgan fingerprint density at radius 3 is 2.95 bits per heavy atom. The summed E-state index contributed by atoms with van der Waals surface area (Å²) in [5.74, 6) is -0.185. The molecule has 0 aliphatic heterocycles. The van der Waals surface area contributed by atoms with Gasteiger partial charge in [-0.05, 0) is 37.5 Å². The van der Waals surface area contributed by atoms with Crippen LogP contribution in [-0.4, -0.2) is 10.9 Å². The summed E-state index contributed by atoms with van der Waals surface area (Å²) >= 11 is 10.8. The van der Waals surface area contributed by atoms with Crippen LogP contribution in [0.2, 0.25) is 5.02 Å². The van der Waals surface area contributed by atoms with E-state index in [4.69, 9.17) is 11.6 Å². The van der Waals surface area contributed by atoms with Gasteiger partial charge in [0.2, 0.25) is 0 Å². The van der Waals surface area contributed by atoms with Crippen molar-refractivity contribution in [1.29, 1.82) is 0 Å². The molecule has 0 radical (unpaired) electrons. The third kappa shape index (κ3) is 2.83. The third-order valence-corrected chi connectivity index (χ3v) is 4.69. The number of hydrogen-bond donors (Lipinski definition) is 1. The van der Waals surface area contributed by atoms with E-state index in [2.05, 4.69) is 26.2 Å². The average Bonchev–Trinajstić information content (AvgIpc) is 2.88. The number of aryl methyl sites for hydroxylation is 2. The number of anilines is 1. The van der Waals surface area contributed by atoms with Crippen LogP contribution < -0.4 is 5.32 Å². The van der Waals surface area contributed by atoms with Crippen molar-refractivity contribution in [3.8, 4) is 0 Å². The summed E-state index contributed by atoms with van der Waals surface area (Å²) in [5, 5.41) is 4.03. The number of benzene rings is 1. The summed E-state index contributed by atoms with van der Waals surface area (Å²) in [6, 6.07) is 5.13. The number of amides is 1. The van der Waals surface area contributed by atoms with Gasteiger partial charge in [-0.15, -0.1) is 11.3 Å². The first-order chi connectivity index (χ1) is 9.11. The summed E-state index contributed by atoms with van der Waals surface area (Å²) in [7, 11) is 0. The van der Waals surface area contributed by atoms with Crippen LogP contribution in [0.5, 0.6) is 0 Å². The minimum absolute atomic E-state index is 0.185. The maximum Gasteiger partial charge on any atom is 0.257 e. The number of carbonyl (C=O) groups is 1. The van der Waals surface area contributed by atoms with Gasteiger partial charge in [-0.3, -0.25) is 10.1 Å². The summed E-state index contributed by atoms with van der Waals surface area (Å²) in [5.41, 5.74) is 1.65. The van der Waals surface area contributed by atoms with E-state index < -0.39 is 0 Å². The van der Waals surface area contributed by atoms with Gasteiger partial charge >= 0.3 is 0 Å². The molecule has 1 amide bonds. The fourth-order valence-corrected chi connectivity index (χ4v) is 4.00. The number of rotatable bonds is 2. The van der Waals surface area contributed by atoms with Crippen molar-refractivity contribution in [2.75, 3.05) is 5.32 Å². The quantitative estimate of drug-likeness (QED) is 0.870. The molecule has 3 rings (SSSR count). The van der Waals surface area contributed by atoms with E-state index in [-0.39, 0.29) is 5.91 Å². The van der Waals surface area contributed by atoms with Crippen LogP contribution in [0.1, 0.15) is 27.3 Å². The van der Waals surface area contributed by atoms with Crippen molar-refractivity contribution in [1.82, 2.24) is 4.98 Å². The predicted molar refractivity (Wildman–Crippen MR) is 81.2 cm³/mol. The Bertz CT molecular complexity index is 614. The molecule has 3 nitrogen and oxygen atoms in total. The normalized spacial score (nSPS) is 13.4. The van der Waals surface area contributed by atoms with Gasteiger partial charge in [-0.2, -0.15) is 0 Å². The third-order valence-electron chi connectivity index (χ3n) is 2.94. The highest BCUT2D eigenvalue weighted by Gasteiger charge is 2.18. The van der Waals surface area contributed by atoms with Crippen LogP contribution in [-0.2, 0) is 12.8 Å². The molecule has 0 unspecified atom stereocenters. The Hall–Kier alpha value is -0.910. The molecule has 0 bridgehead atoms. The van der Waals surface area contributed by atoms with Gasteiger partial charge in [-0.25, -0.2) is 4.98 Å². The molecule has 98 valence electrons. The molecule has 1 aromatic carbocycles. The van der Waals surface area contributed by atoms with Gasteiger partial charge in [0.05, 0.1) is 5.69 Å². The van der Waals surface area contributed by atoms with Gasteiger partial charge in [0, 0.05) is 19.9 Å². The van der Waals surface area contributed by atoms with Crippen LogP contribution in [0, 0.1) is 0 Å². The lowest BCUT2D eigenvalue weighted by Crippen LogP contribution is -2.11. The first kappa shape index (κ1) is 13.1. The Morgan fingerprint density at radius 2 is 2.21 bits per heavy atom. The van der Waals surface area contributed by atoms with Gasteiger partial charge in [0.15, 0.2) is 5.13 Å². The van der Waals surface area contributed by atoms with Crippen LogP contribution in [0.15, 0.2) is 22.7 Å². The van der Waals surface area contributed by atoms with Gasteiger partial charge in [-0.1, -0.05) is 27.5 Å². The zero-order valence-corrected chi connectivity index (χ0v) is 13.0. The zero-order valence-electron chi connectivity index (χ0n) is 9.87. The Morgan fingerprint density at radius 1 is 1.37 bits per heavy atom. The van der Waals surface area contributed by atoms with E-state index in [0.717, 1.165) is 23.0 Å². The molecule has 1 aliphatic carbocycles. The standard InChI is InChI=1S/C13H10BrClN2OS/c14-8-4-7(5-9(15)6-8)12(18)17-13-16-10-2-1-3-11(10)19-13/h4-6H,1-3H2,(H,16,17,18). The molecule has 0 saturated carbocycles. The lowest BCUT2D eigenvalue weighted by Gasteiger charge is -2.03. The molecule has 19 heavy (non-hydrogen) atoms. The Kier molecular flexibility index (Phi) is 3.60. The summed E-state index contributed by atoms with van der Waals surface area (Å²) < 4.78 is 0.784. The monoisotopic (exact) mass is 356 g/mol. The molecule has 0 fully saturated rings. The first-order valence-corrected chi connectivity index (χ1v) is 7.86. The fraction of sp³-hybridized carbons (Fsp3) is 0.231. The van der Waals surface area contributed by atoms with E-state index >= 15 is 0 Å². The van der Waals surface area contributed by atoms with E-state index in [1.54, 1.807) is 29.5 Å². The second-order valence-electron chi connectivity index (χ2n) is 4.35. The summed E-state index contributed by atoms with van der Waals surface area (Å²) in [6.45, 7) is 0. The number of nitrogens with zero attached hydrogens (tertiary/aromatic N) is 1. The first-order valence-electron chi connectivity index (χ1n) is 5.88. The van der Waals surface area contributed by atoms with Gasteiger partial charge in [0.1, 0.15) is 0 Å². The van der Waals surface area contributed by atoms with Gasteiger partial charge < -0.3 is 0 Å². The number of hydrogen-bond acceptors (Lipinski definition) is 3. The topological polar surface area (TPSA) is 42.0 Å². The highest BCUT2D eigenvalue weighted by atomic mass is 79.9. The predicted octanol–water partition coefficient (Wildman–Crippen LogP) is 4.30. The van der Waals surface area contributed by atoms with Crippen molar-refractivity contribution in [3.05, 3.63) is 43.8 Å². The molecule has 1 heterocycles. The molecule has 6 heteroatoms. The maximum atomic E-state index is 12.1. The molecular formula is C13H10BrClN2OS. The fourth-order valence-electron chi connectivity index (χ4n) is 2.10. The van der Waals surface area contributed by atoms with Crippen molar-refractivity contribution >= 4 is 49.9 Å². The van der Waals surface area contributed by atoms with Crippen molar-refractivity contribution in [2.45, 2.75) is 19.3 Å². The zero-order chi connectivity index (χ0) is 13.4. The van der Waals surface area contributed by atoms with E-state index in [1.165, 1.54) is 11.3 Å². The van der Waals surface area contributed by atoms with Gasteiger partial charge in [0.25, 0.3) is 5.91 Å². The van der Waals surface area contributed by atoms with Crippen molar-refractivity contribution in [3.63, 3.8) is 0 Å². The van der Waals surface area contributed by atoms with Crippen LogP contribution in [0.3, 0.4) is 0 Å². The maximum absolute atomic E-state index is 12.1. The number of halogens is 2. The molecule has 1 aromatic heterocycles. The lowest BCUT2D eigenvalue weighted by molar-refractivity contribution is 0.102. The number of fused-ring (bicyclic) bond motifs is 1. The lowest BCUT2D eigenvalue weighted by atomic mass is 10.2. The largest absolute Gasteiger partial charge is 0.298 e. The van der Waals surface area contributed by atoms with Crippen LogP contribution in [0.4, 0.5) is 5.13 Å². The smallest absolute Gasteiger partial charge is 0.257 e. The number of thiazole rings is 1. The molecule has 0 atom stereocenters. The summed E-state index contributed by atoms with van der Waals surface area (Å²) in [4.78, 5) is 17.9. The summed E-state index contributed by atoms with van der Waals surface area (Å²) in [6.07, 6.45) is 3.26. The molecule has 0 spiro atoms. The molecule has 2 aromatic rings. The van der Waals surface area contributed by atoms with E-state index in [0.29, 0.717) is 15.7 Å². The molecule has 1 aliphatic rings. The highest BCUT2D eigenvalue weighted by Crippen LogP contribution is 2.30. The SMILES string of the molecule is O=C(Nc1nc2c(s1)CCC2)c1cc(Cl)cc(Br)c1. The van der Waals surface area contributed by atoms with Crippen LogP contribution in [0.25, 0.3) is 0 Å². The second kappa shape index (κ2) is 5.23. The molecule has 0 saturated heterocycles. The average molecular weight is 358 g/mol. The van der Waals surface area contributed by atoms with Crippen LogP contribution >= 0.6 is 38.9 Å². The minimum Gasteiger partial charge on any atom is -0.298 e. The number of nitrogens with one attached hydrogen (secondary N) is 1. The van der Waals surface area contributed by atoms with E-state index in [9.17, 15) is 4.79 Å². The number of carbonyl (C=O) groups excluding carboxylic acids is 1. The Balaban J connectivity index is 1.80.